The van der Waals surface area contributed by atoms with Crippen LogP contribution in [0.5, 0.6) is 5.75 Å². The van der Waals surface area contributed by atoms with Crippen LogP contribution in [0.25, 0.3) is 0 Å². The molecule has 1 aromatic heterocycles. The quantitative estimate of drug-likeness (QED) is 0.803. The van der Waals surface area contributed by atoms with Gasteiger partial charge in [-0.25, -0.2) is 4.79 Å². The number of carbonyl (C=O) groups is 2. The summed E-state index contributed by atoms with van der Waals surface area (Å²) >= 11 is 0. The van der Waals surface area contributed by atoms with E-state index in [-0.39, 0.29) is 17.4 Å². The number of carbonyl (C=O) groups excluding carboxylic acids is 1. The van der Waals surface area contributed by atoms with Crippen molar-refractivity contribution in [3.8, 4) is 5.75 Å². The monoisotopic (exact) mass is 239 g/mol. The molecule has 1 aliphatic heterocycles. The van der Waals surface area contributed by atoms with Gasteiger partial charge < -0.3 is 19.2 Å². The molecule has 17 heavy (non-hydrogen) atoms. The standard InChI is InChI=1S/C11H13NO5/c1-6(13)12-5-11(2,3)17-8-7(12)4-16-9(8)10(14)15/h4H,5H2,1-3H3,(H,14,15). The maximum atomic E-state index is 11.5. The van der Waals surface area contributed by atoms with Crippen molar-refractivity contribution in [2.75, 3.05) is 11.4 Å². The minimum Gasteiger partial charge on any atom is -0.480 e. The number of fused-ring (bicyclic) bond motifs is 1. The summed E-state index contributed by atoms with van der Waals surface area (Å²) in [6.45, 7) is 5.33. The molecule has 0 aliphatic carbocycles. The molecule has 0 spiro atoms. The summed E-state index contributed by atoms with van der Waals surface area (Å²) in [4.78, 5) is 23.9. The summed E-state index contributed by atoms with van der Waals surface area (Å²) < 4.78 is 10.5. The summed E-state index contributed by atoms with van der Waals surface area (Å²) in [6, 6.07) is 0. The van der Waals surface area contributed by atoms with Crippen molar-refractivity contribution < 1.29 is 23.8 Å². The minimum absolute atomic E-state index is 0.115. The highest BCUT2D eigenvalue weighted by molar-refractivity contribution is 5.98. The Morgan fingerprint density at radius 3 is 2.65 bits per heavy atom. The summed E-state index contributed by atoms with van der Waals surface area (Å²) in [5.74, 6) is -1.56. The molecule has 0 unspecified atom stereocenters. The Hall–Kier alpha value is -1.98. The minimum atomic E-state index is -1.22. The van der Waals surface area contributed by atoms with Crippen molar-refractivity contribution in [2.24, 2.45) is 0 Å². The van der Waals surface area contributed by atoms with Gasteiger partial charge in [-0.1, -0.05) is 0 Å². The third kappa shape index (κ3) is 1.86. The average molecular weight is 239 g/mol. The van der Waals surface area contributed by atoms with E-state index in [0.717, 1.165) is 0 Å². The number of anilines is 1. The second-order valence-corrected chi connectivity index (χ2v) is 4.55. The van der Waals surface area contributed by atoms with E-state index in [0.29, 0.717) is 12.2 Å². The van der Waals surface area contributed by atoms with Gasteiger partial charge in [-0.05, 0) is 13.8 Å². The van der Waals surface area contributed by atoms with Crippen molar-refractivity contribution in [2.45, 2.75) is 26.4 Å². The Morgan fingerprint density at radius 1 is 1.47 bits per heavy atom. The third-order valence-electron chi connectivity index (χ3n) is 2.51. The number of furan rings is 1. The van der Waals surface area contributed by atoms with Crippen LogP contribution < -0.4 is 9.64 Å². The lowest BCUT2D eigenvalue weighted by atomic mass is 10.1. The zero-order valence-corrected chi connectivity index (χ0v) is 9.81. The Labute approximate surface area is 97.8 Å². The largest absolute Gasteiger partial charge is 0.480 e. The topological polar surface area (TPSA) is 80.0 Å². The number of ether oxygens (including phenoxy) is 1. The van der Waals surface area contributed by atoms with Gasteiger partial charge >= 0.3 is 5.97 Å². The van der Waals surface area contributed by atoms with Crippen molar-refractivity contribution in [3.63, 3.8) is 0 Å². The van der Waals surface area contributed by atoms with Gasteiger partial charge in [0, 0.05) is 6.92 Å². The van der Waals surface area contributed by atoms with E-state index in [1.165, 1.54) is 18.1 Å². The van der Waals surface area contributed by atoms with Crippen LogP contribution in [0.15, 0.2) is 10.7 Å². The highest BCUT2D eigenvalue weighted by Crippen LogP contribution is 2.41. The summed E-state index contributed by atoms with van der Waals surface area (Å²) in [7, 11) is 0. The molecule has 1 amide bonds. The summed E-state index contributed by atoms with van der Waals surface area (Å²) in [5.41, 5.74) is -0.276. The Bertz CT molecular complexity index is 488. The van der Waals surface area contributed by atoms with Crippen LogP contribution in [0.3, 0.4) is 0 Å². The molecule has 0 bridgehead atoms. The predicted octanol–water partition coefficient (Wildman–Crippen LogP) is 1.50. The number of rotatable bonds is 1. The van der Waals surface area contributed by atoms with Crippen molar-refractivity contribution >= 4 is 17.6 Å². The number of carboxylic acid groups (broad SMARTS) is 1. The number of hydrogen-bond acceptors (Lipinski definition) is 4. The SMILES string of the molecule is CC(=O)N1CC(C)(C)Oc2c1coc2C(=O)O. The van der Waals surface area contributed by atoms with E-state index >= 15 is 0 Å². The lowest BCUT2D eigenvalue weighted by molar-refractivity contribution is -0.117. The van der Waals surface area contributed by atoms with Gasteiger partial charge in [0.05, 0.1) is 6.54 Å². The van der Waals surface area contributed by atoms with Crippen LogP contribution in [0.4, 0.5) is 5.69 Å². The van der Waals surface area contributed by atoms with Crippen LogP contribution >= 0.6 is 0 Å². The molecule has 92 valence electrons. The molecular formula is C11H13NO5. The van der Waals surface area contributed by atoms with Gasteiger partial charge in [0.25, 0.3) is 5.76 Å². The van der Waals surface area contributed by atoms with Crippen LogP contribution in [-0.2, 0) is 4.79 Å². The molecule has 6 nitrogen and oxygen atoms in total. The average Bonchev–Trinajstić information content (AvgIpc) is 2.57. The number of aromatic carboxylic acids is 1. The second kappa shape index (κ2) is 3.51. The maximum absolute atomic E-state index is 11.5. The molecule has 1 aromatic rings. The van der Waals surface area contributed by atoms with Crippen molar-refractivity contribution in [3.05, 3.63) is 12.0 Å². The molecule has 0 aromatic carbocycles. The molecule has 0 saturated heterocycles. The first-order valence-corrected chi connectivity index (χ1v) is 5.14. The maximum Gasteiger partial charge on any atom is 0.375 e. The molecule has 1 aliphatic rings. The normalized spacial score (nSPS) is 17.2. The molecule has 0 saturated carbocycles. The number of hydrogen-bond donors (Lipinski definition) is 1. The lowest BCUT2D eigenvalue weighted by Crippen LogP contribution is -2.48. The fourth-order valence-electron chi connectivity index (χ4n) is 1.83. The third-order valence-corrected chi connectivity index (χ3v) is 2.51. The van der Waals surface area contributed by atoms with Crippen molar-refractivity contribution in [1.82, 2.24) is 0 Å². The molecular weight excluding hydrogens is 226 g/mol. The van der Waals surface area contributed by atoms with Crippen LogP contribution in [0, 0.1) is 0 Å². The van der Waals surface area contributed by atoms with Crippen LogP contribution in [0.1, 0.15) is 31.3 Å². The molecule has 6 heteroatoms. The van der Waals surface area contributed by atoms with Crippen molar-refractivity contribution in [1.29, 1.82) is 0 Å². The molecule has 0 fully saturated rings. The number of carboxylic acids is 1. The number of nitrogens with zero attached hydrogens (tertiary/aromatic N) is 1. The Balaban J connectivity index is 2.54. The van der Waals surface area contributed by atoms with Gasteiger partial charge in [0.15, 0.2) is 5.75 Å². The van der Waals surface area contributed by atoms with Gasteiger partial charge in [-0.2, -0.15) is 0 Å². The van der Waals surface area contributed by atoms with Gasteiger partial charge in [-0.15, -0.1) is 0 Å². The fraction of sp³-hybridized carbons (Fsp3) is 0.455. The predicted molar refractivity (Wildman–Crippen MR) is 58.4 cm³/mol. The van der Waals surface area contributed by atoms with E-state index in [4.69, 9.17) is 14.3 Å². The van der Waals surface area contributed by atoms with Crippen LogP contribution in [0.2, 0.25) is 0 Å². The first-order valence-electron chi connectivity index (χ1n) is 5.14. The molecule has 0 radical (unpaired) electrons. The molecule has 1 N–H and O–H groups in total. The van der Waals surface area contributed by atoms with E-state index in [2.05, 4.69) is 0 Å². The second-order valence-electron chi connectivity index (χ2n) is 4.55. The Kier molecular flexibility index (Phi) is 2.38. The van der Waals surface area contributed by atoms with E-state index in [1.54, 1.807) is 13.8 Å². The van der Waals surface area contributed by atoms with Crippen LogP contribution in [-0.4, -0.2) is 29.1 Å². The summed E-state index contributed by atoms with van der Waals surface area (Å²) in [5, 5.41) is 8.95. The van der Waals surface area contributed by atoms with Gasteiger partial charge in [-0.3, -0.25) is 4.79 Å². The zero-order chi connectivity index (χ0) is 12.8. The van der Waals surface area contributed by atoms with E-state index in [1.807, 2.05) is 0 Å². The smallest absolute Gasteiger partial charge is 0.375 e. The zero-order valence-electron chi connectivity index (χ0n) is 9.81. The Morgan fingerprint density at radius 2 is 2.12 bits per heavy atom. The molecule has 2 rings (SSSR count). The van der Waals surface area contributed by atoms with Gasteiger partial charge in [0.1, 0.15) is 17.6 Å². The molecule has 2 heterocycles. The first kappa shape index (κ1) is 11.5. The van der Waals surface area contributed by atoms with Gasteiger partial charge in [0.2, 0.25) is 5.91 Å². The first-order chi connectivity index (χ1) is 7.82. The van der Waals surface area contributed by atoms with E-state index < -0.39 is 11.6 Å². The highest BCUT2D eigenvalue weighted by atomic mass is 16.5. The molecule has 0 atom stereocenters. The summed E-state index contributed by atoms with van der Waals surface area (Å²) in [6.07, 6.45) is 1.23. The number of amides is 1. The lowest BCUT2D eigenvalue weighted by Gasteiger charge is -2.37. The highest BCUT2D eigenvalue weighted by Gasteiger charge is 2.38. The van der Waals surface area contributed by atoms with E-state index in [9.17, 15) is 9.59 Å². The fourth-order valence-corrected chi connectivity index (χ4v) is 1.83.